The number of nitrogens with zero attached hydrogens (tertiary/aromatic N) is 1. The highest BCUT2D eigenvalue weighted by molar-refractivity contribution is 6.03. The summed E-state index contributed by atoms with van der Waals surface area (Å²) in [5.74, 6) is -2.02. The fourth-order valence-corrected chi connectivity index (χ4v) is 1.83. The maximum Gasteiger partial charge on any atom is 0.315 e. The molecule has 5 nitrogen and oxygen atoms in total. The third-order valence-corrected chi connectivity index (χ3v) is 2.80. The number of hydrogen-bond acceptors (Lipinski definition) is 4. The fourth-order valence-electron chi connectivity index (χ4n) is 1.83. The standard InChI is InChI=1S/C14H10FNO4/c15-11-8-4-7-10(12(11)16(19)20)14(18)13(17)9-5-2-1-3-6-9/h1-8,13,17H. The van der Waals surface area contributed by atoms with Crippen LogP contribution in [0.3, 0.4) is 0 Å². The molecule has 0 saturated heterocycles. The van der Waals surface area contributed by atoms with E-state index in [0.717, 1.165) is 12.1 Å². The van der Waals surface area contributed by atoms with Crippen LogP contribution in [0.2, 0.25) is 0 Å². The van der Waals surface area contributed by atoms with Crippen LogP contribution in [0, 0.1) is 15.9 Å². The van der Waals surface area contributed by atoms with E-state index in [2.05, 4.69) is 0 Å². The summed E-state index contributed by atoms with van der Waals surface area (Å²) in [6, 6.07) is 11.1. The fraction of sp³-hybridized carbons (Fsp3) is 0.0714. The summed E-state index contributed by atoms with van der Waals surface area (Å²) >= 11 is 0. The molecule has 20 heavy (non-hydrogen) atoms. The van der Waals surface area contributed by atoms with Gasteiger partial charge in [0.05, 0.1) is 4.92 Å². The Morgan fingerprint density at radius 1 is 1.15 bits per heavy atom. The lowest BCUT2D eigenvalue weighted by Crippen LogP contribution is -2.14. The average molecular weight is 275 g/mol. The van der Waals surface area contributed by atoms with Gasteiger partial charge < -0.3 is 5.11 Å². The summed E-state index contributed by atoms with van der Waals surface area (Å²) < 4.78 is 13.5. The Labute approximate surface area is 113 Å². The van der Waals surface area contributed by atoms with Crippen molar-refractivity contribution in [2.45, 2.75) is 6.10 Å². The van der Waals surface area contributed by atoms with Crippen LogP contribution in [0.25, 0.3) is 0 Å². The highest BCUT2D eigenvalue weighted by atomic mass is 19.1. The highest BCUT2D eigenvalue weighted by Crippen LogP contribution is 2.27. The topological polar surface area (TPSA) is 80.4 Å². The van der Waals surface area contributed by atoms with E-state index < -0.39 is 33.9 Å². The van der Waals surface area contributed by atoms with Gasteiger partial charge in [-0.25, -0.2) is 0 Å². The molecule has 0 radical (unpaired) electrons. The van der Waals surface area contributed by atoms with E-state index in [1.807, 2.05) is 0 Å². The van der Waals surface area contributed by atoms with E-state index in [4.69, 9.17) is 0 Å². The van der Waals surface area contributed by atoms with E-state index in [-0.39, 0.29) is 5.56 Å². The van der Waals surface area contributed by atoms with Gasteiger partial charge in [0, 0.05) is 0 Å². The number of halogens is 1. The predicted octanol–water partition coefficient (Wildman–Crippen LogP) is 2.65. The molecule has 2 rings (SSSR count). The summed E-state index contributed by atoms with van der Waals surface area (Å²) in [5, 5.41) is 20.8. The van der Waals surface area contributed by atoms with Gasteiger partial charge in [0.25, 0.3) is 0 Å². The minimum Gasteiger partial charge on any atom is -0.380 e. The molecule has 0 bridgehead atoms. The maximum atomic E-state index is 13.5. The van der Waals surface area contributed by atoms with Crippen molar-refractivity contribution in [3.8, 4) is 0 Å². The maximum absolute atomic E-state index is 13.5. The number of rotatable bonds is 4. The second kappa shape index (κ2) is 5.58. The van der Waals surface area contributed by atoms with Crippen molar-refractivity contribution in [2.24, 2.45) is 0 Å². The van der Waals surface area contributed by atoms with Crippen LogP contribution < -0.4 is 0 Å². The second-order valence-electron chi connectivity index (χ2n) is 4.07. The number of aliphatic hydroxyl groups is 1. The van der Waals surface area contributed by atoms with Gasteiger partial charge in [-0.15, -0.1) is 0 Å². The van der Waals surface area contributed by atoms with Gasteiger partial charge in [-0.2, -0.15) is 4.39 Å². The molecular formula is C14H10FNO4. The molecule has 1 atom stereocenters. The molecule has 0 aliphatic rings. The van der Waals surface area contributed by atoms with Gasteiger partial charge in [-0.05, 0) is 17.7 Å². The average Bonchev–Trinajstić information content (AvgIpc) is 2.46. The molecule has 0 spiro atoms. The number of para-hydroxylation sites is 1. The zero-order chi connectivity index (χ0) is 14.7. The van der Waals surface area contributed by atoms with Gasteiger partial charge in [0.2, 0.25) is 11.6 Å². The molecule has 102 valence electrons. The minimum atomic E-state index is -1.57. The van der Waals surface area contributed by atoms with E-state index in [1.165, 1.54) is 18.2 Å². The van der Waals surface area contributed by atoms with Gasteiger partial charge >= 0.3 is 5.69 Å². The Morgan fingerprint density at radius 3 is 2.40 bits per heavy atom. The van der Waals surface area contributed by atoms with E-state index in [0.29, 0.717) is 0 Å². The third kappa shape index (κ3) is 2.55. The van der Waals surface area contributed by atoms with Gasteiger partial charge in [0.15, 0.2) is 0 Å². The van der Waals surface area contributed by atoms with Gasteiger partial charge in [-0.3, -0.25) is 14.9 Å². The van der Waals surface area contributed by atoms with Crippen molar-refractivity contribution in [3.05, 3.63) is 75.6 Å². The molecule has 0 saturated carbocycles. The quantitative estimate of drug-likeness (QED) is 0.528. The molecule has 0 aliphatic heterocycles. The second-order valence-corrected chi connectivity index (χ2v) is 4.07. The molecule has 0 aromatic heterocycles. The van der Waals surface area contributed by atoms with Crippen LogP contribution in [-0.4, -0.2) is 15.8 Å². The molecule has 2 aromatic rings. The monoisotopic (exact) mass is 275 g/mol. The van der Waals surface area contributed by atoms with Crippen molar-refractivity contribution in [2.75, 3.05) is 0 Å². The Kier molecular flexibility index (Phi) is 3.86. The largest absolute Gasteiger partial charge is 0.380 e. The van der Waals surface area contributed by atoms with Crippen LogP contribution in [0.5, 0.6) is 0 Å². The number of hydrogen-bond donors (Lipinski definition) is 1. The molecule has 0 fully saturated rings. The van der Waals surface area contributed by atoms with Crippen LogP contribution in [0.4, 0.5) is 10.1 Å². The number of Topliss-reactive ketones (excluding diaryl/α,β-unsaturated/α-hetero) is 1. The van der Waals surface area contributed by atoms with Crippen molar-refractivity contribution in [3.63, 3.8) is 0 Å². The lowest BCUT2D eigenvalue weighted by Gasteiger charge is -2.10. The number of ketones is 1. The number of aliphatic hydroxyl groups excluding tert-OH is 1. The summed E-state index contributed by atoms with van der Waals surface area (Å²) in [6.07, 6.45) is -1.57. The number of nitro groups is 1. The zero-order valence-corrected chi connectivity index (χ0v) is 10.2. The molecule has 0 heterocycles. The zero-order valence-electron chi connectivity index (χ0n) is 10.2. The van der Waals surface area contributed by atoms with Crippen LogP contribution in [0.1, 0.15) is 22.0 Å². The molecule has 2 aromatic carbocycles. The molecule has 1 N–H and O–H groups in total. The Morgan fingerprint density at radius 2 is 1.80 bits per heavy atom. The third-order valence-electron chi connectivity index (χ3n) is 2.80. The van der Waals surface area contributed by atoms with Crippen LogP contribution in [-0.2, 0) is 0 Å². The number of carbonyl (C=O) groups is 1. The smallest absolute Gasteiger partial charge is 0.315 e. The first-order valence-corrected chi connectivity index (χ1v) is 5.72. The van der Waals surface area contributed by atoms with E-state index in [1.54, 1.807) is 18.2 Å². The number of carbonyl (C=O) groups excluding carboxylic acids is 1. The Bertz CT molecular complexity index is 657. The van der Waals surface area contributed by atoms with Gasteiger partial charge in [-0.1, -0.05) is 36.4 Å². The van der Waals surface area contributed by atoms with Gasteiger partial charge in [0.1, 0.15) is 11.7 Å². The highest BCUT2D eigenvalue weighted by Gasteiger charge is 2.29. The minimum absolute atomic E-state index is 0.288. The van der Waals surface area contributed by atoms with Crippen molar-refractivity contribution >= 4 is 11.5 Å². The molecular weight excluding hydrogens is 265 g/mol. The first-order chi connectivity index (χ1) is 9.52. The predicted molar refractivity (Wildman–Crippen MR) is 68.8 cm³/mol. The molecule has 6 heteroatoms. The first kappa shape index (κ1) is 13.8. The lowest BCUT2D eigenvalue weighted by molar-refractivity contribution is -0.387. The SMILES string of the molecule is O=C(c1cccc(F)c1[N+](=O)[O-])C(O)c1ccccc1. The summed E-state index contributed by atoms with van der Waals surface area (Å²) in [4.78, 5) is 22.0. The van der Waals surface area contributed by atoms with Crippen molar-refractivity contribution in [1.82, 2.24) is 0 Å². The summed E-state index contributed by atoms with van der Waals surface area (Å²) in [6.45, 7) is 0. The molecule has 1 unspecified atom stereocenters. The normalized spacial score (nSPS) is 11.9. The number of nitro benzene ring substituents is 1. The Hall–Kier alpha value is -2.60. The lowest BCUT2D eigenvalue weighted by atomic mass is 9.98. The van der Waals surface area contributed by atoms with Crippen molar-refractivity contribution in [1.29, 1.82) is 0 Å². The molecule has 0 amide bonds. The van der Waals surface area contributed by atoms with Crippen LogP contribution >= 0.6 is 0 Å². The Balaban J connectivity index is 2.44. The van der Waals surface area contributed by atoms with E-state index in [9.17, 15) is 24.4 Å². The molecule has 0 aliphatic carbocycles. The first-order valence-electron chi connectivity index (χ1n) is 5.72. The van der Waals surface area contributed by atoms with E-state index >= 15 is 0 Å². The van der Waals surface area contributed by atoms with Crippen LogP contribution in [0.15, 0.2) is 48.5 Å². The number of benzene rings is 2. The van der Waals surface area contributed by atoms with Crippen molar-refractivity contribution < 1.29 is 19.2 Å². The summed E-state index contributed by atoms with van der Waals surface area (Å²) in [7, 11) is 0. The summed E-state index contributed by atoms with van der Waals surface area (Å²) in [5.41, 5.74) is -1.09.